The van der Waals surface area contributed by atoms with E-state index in [0.717, 1.165) is 5.92 Å². The van der Waals surface area contributed by atoms with Gasteiger partial charge in [0.05, 0.1) is 6.61 Å². The van der Waals surface area contributed by atoms with Crippen molar-refractivity contribution in [1.82, 2.24) is 0 Å². The third-order valence-electron chi connectivity index (χ3n) is 0.670. The van der Waals surface area contributed by atoms with Gasteiger partial charge in [-0.05, 0) is 6.42 Å². The van der Waals surface area contributed by atoms with Crippen LogP contribution in [0.2, 0.25) is 0 Å². The second-order valence-corrected chi connectivity index (χ2v) is 1.69. The van der Waals surface area contributed by atoms with Crippen LogP contribution in [0, 0.1) is 18.4 Å². The van der Waals surface area contributed by atoms with Crippen molar-refractivity contribution >= 4 is 0 Å². The molecule has 0 N–H and O–H groups in total. The first-order valence-corrected chi connectivity index (χ1v) is 3.06. The van der Waals surface area contributed by atoms with Crippen LogP contribution in [0.3, 0.4) is 0 Å². The normalized spacial score (nSPS) is 10.5. The van der Waals surface area contributed by atoms with Gasteiger partial charge >= 0.3 is 6.18 Å². The second kappa shape index (κ2) is 5.03. The number of halogens is 3. The Morgan fingerprint density at radius 3 is 2.55 bits per heavy atom. The largest absolute Gasteiger partial charge is 0.457 e. The van der Waals surface area contributed by atoms with Gasteiger partial charge in [0.15, 0.2) is 0 Å². The van der Waals surface area contributed by atoms with E-state index < -0.39 is 6.18 Å². The minimum absolute atomic E-state index is 0.201. The van der Waals surface area contributed by atoms with Crippen LogP contribution in [0.1, 0.15) is 13.3 Å². The maximum absolute atomic E-state index is 11.3. The van der Waals surface area contributed by atoms with Crippen molar-refractivity contribution in [2.75, 3.05) is 6.61 Å². The van der Waals surface area contributed by atoms with Gasteiger partial charge in [-0.1, -0.05) is 12.8 Å². The standard InChI is InChI=1S/C7H8F3O/c1-2-5-11-6-3-4-7(8,9)10/h5H,2,6H2,1H3. The number of hydrogen-bond acceptors (Lipinski definition) is 1. The van der Waals surface area contributed by atoms with E-state index in [-0.39, 0.29) is 6.61 Å². The van der Waals surface area contributed by atoms with Gasteiger partial charge in [-0.25, -0.2) is 0 Å². The first kappa shape index (κ1) is 10.3. The summed E-state index contributed by atoms with van der Waals surface area (Å²) in [5.74, 6) is 2.92. The number of rotatable bonds is 3. The van der Waals surface area contributed by atoms with Gasteiger partial charge in [0, 0.05) is 5.92 Å². The Morgan fingerprint density at radius 2 is 2.09 bits per heavy atom. The molecule has 0 aliphatic heterocycles. The van der Waals surface area contributed by atoms with Crippen molar-refractivity contribution < 1.29 is 17.9 Å². The molecule has 0 amide bonds. The molecule has 0 aromatic heterocycles. The topological polar surface area (TPSA) is 9.23 Å². The van der Waals surface area contributed by atoms with E-state index in [2.05, 4.69) is 4.74 Å². The Morgan fingerprint density at radius 1 is 1.45 bits per heavy atom. The molecule has 0 aromatic carbocycles. The molecule has 0 saturated heterocycles. The third-order valence-corrected chi connectivity index (χ3v) is 0.670. The third kappa shape index (κ3) is 9.31. The molecular formula is C7H8F3O. The summed E-state index contributed by atoms with van der Waals surface area (Å²) in [5.41, 5.74) is 0. The summed E-state index contributed by atoms with van der Waals surface area (Å²) in [4.78, 5) is 0. The Hall–Kier alpha value is -0.690. The van der Waals surface area contributed by atoms with Crippen LogP contribution in [0.25, 0.3) is 0 Å². The Kier molecular flexibility index (Phi) is 4.71. The molecule has 0 saturated carbocycles. The highest BCUT2D eigenvalue weighted by Gasteiger charge is 2.22. The predicted molar refractivity (Wildman–Crippen MR) is 34.4 cm³/mol. The van der Waals surface area contributed by atoms with Crippen LogP contribution in [-0.4, -0.2) is 12.8 Å². The summed E-state index contributed by atoms with van der Waals surface area (Å²) in [6.45, 7) is 3.02. The van der Waals surface area contributed by atoms with Crippen molar-refractivity contribution in [2.45, 2.75) is 19.5 Å². The van der Waals surface area contributed by atoms with Crippen molar-refractivity contribution in [3.63, 3.8) is 0 Å². The fourth-order valence-corrected chi connectivity index (χ4v) is 0.355. The van der Waals surface area contributed by atoms with E-state index >= 15 is 0 Å². The zero-order chi connectivity index (χ0) is 8.74. The SMILES string of the molecule is CC[CH]OCC#CC(F)(F)F. The molecule has 0 aliphatic carbocycles. The monoisotopic (exact) mass is 165 g/mol. The van der Waals surface area contributed by atoms with Crippen molar-refractivity contribution in [2.24, 2.45) is 0 Å². The average Bonchev–Trinajstić information content (AvgIpc) is 1.85. The lowest BCUT2D eigenvalue weighted by Crippen LogP contribution is -2.02. The Balaban J connectivity index is 3.41. The van der Waals surface area contributed by atoms with Gasteiger partial charge in [-0.2, -0.15) is 13.2 Å². The Labute approximate surface area is 63.5 Å². The smallest absolute Gasteiger partial charge is 0.363 e. The molecule has 1 radical (unpaired) electrons. The minimum atomic E-state index is -4.41. The summed E-state index contributed by atoms with van der Waals surface area (Å²) >= 11 is 0. The second-order valence-electron chi connectivity index (χ2n) is 1.69. The highest BCUT2D eigenvalue weighted by molar-refractivity contribution is 5.05. The van der Waals surface area contributed by atoms with Gasteiger partial charge < -0.3 is 4.74 Å². The fourth-order valence-electron chi connectivity index (χ4n) is 0.355. The van der Waals surface area contributed by atoms with E-state index in [4.69, 9.17) is 0 Å². The summed E-state index contributed by atoms with van der Waals surface area (Å²) < 4.78 is 38.6. The lowest BCUT2D eigenvalue weighted by molar-refractivity contribution is -0.0698. The van der Waals surface area contributed by atoms with Crippen LogP contribution in [-0.2, 0) is 4.74 Å². The molecule has 63 valence electrons. The van der Waals surface area contributed by atoms with Crippen LogP contribution in [0.5, 0.6) is 0 Å². The van der Waals surface area contributed by atoms with Gasteiger partial charge in [0.2, 0.25) is 0 Å². The Bertz CT molecular complexity index is 151. The lowest BCUT2D eigenvalue weighted by Gasteiger charge is -1.94. The fraction of sp³-hybridized carbons (Fsp3) is 0.571. The van der Waals surface area contributed by atoms with Gasteiger partial charge in [-0.3, -0.25) is 0 Å². The number of alkyl halides is 3. The maximum Gasteiger partial charge on any atom is 0.457 e. The highest BCUT2D eigenvalue weighted by Crippen LogP contribution is 2.11. The highest BCUT2D eigenvalue weighted by atomic mass is 19.4. The first-order valence-electron chi connectivity index (χ1n) is 3.06. The molecule has 0 unspecified atom stereocenters. The molecule has 1 nitrogen and oxygen atoms in total. The molecule has 0 rings (SSSR count). The summed E-state index contributed by atoms with van der Waals surface area (Å²) in [7, 11) is 0. The number of ether oxygens (including phenoxy) is 1. The van der Waals surface area contributed by atoms with Crippen molar-refractivity contribution in [3.05, 3.63) is 6.61 Å². The minimum Gasteiger partial charge on any atom is -0.363 e. The maximum atomic E-state index is 11.3. The van der Waals surface area contributed by atoms with Crippen molar-refractivity contribution in [3.8, 4) is 11.8 Å². The van der Waals surface area contributed by atoms with E-state index in [1.54, 1.807) is 0 Å². The molecule has 4 heteroatoms. The summed E-state index contributed by atoms with van der Waals surface area (Å²) in [6, 6.07) is 0. The molecule has 0 atom stereocenters. The summed E-state index contributed by atoms with van der Waals surface area (Å²) in [6.07, 6.45) is -3.75. The molecule has 0 heterocycles. The molecule has 0 bridgehead atoms. The first-order chi connectivity index (χ1) is 5.06. The van der Waals surface area contributed by atoms with E-state index in [0.29, 0.717) is 6.42 Å². The van der Waals surface area contributed by atoms with E-state index in [1.165, 1.54) is 6.61 Å². The molecule has 0 aliphatic rings. The van der Waals surface area contributed by atoms with Gasteiger partial charge in [-0.15, -0.1) is 0 Å². The predicted octanol–water partition coefficient (Wildman–Crippen LogP) is 2.14. The van der Waals surface area contributed by atoms with Crippen LogP contribution < -0.4 is 0 Å². The van der Waals surface area contributed by atoms with Gasteiger partial charge in [0.25, 0.3) is 0 Å². The van der Waals surface area contributed by atoms with Gasteiger partial charge in [0.1, 0.15) is 6.61 Å². The molecule has 0 aromatic rings. The lowest BCUT2D eigenvalue weighted by atomic mass is 10.5. The zero-order valence-electron chi connectivity index (χ0n) is 6.03. The zero-order valence-corrected chi connectivity index (χ0v) is 6.03. The summed E-state index contributed by atoms with van der Waals surface area (Å²) in [5, 5.41) is 0. The van der Waals surface area contributed by atoms with Crippen LogP contribution >= 0.6 is 0 Å². The van der Waals surface area contributed by atoms with E-state index in [1.807, 2.05) is 12.8 Å². The number of hydrogen-bond donors (Lipinski definition) is 0. The quantitative estimate of drug-likeness (QED) is 0.460. The average molecular weight is 165 g/mol. The molecule has 0 fully saturated rings. The van der Waals surface area contributed by atoms with Crippen LogP contribution in [0.4, 0.5) is 13.2 Å². The molecule has 11 heavy (non-hydrogen) atoms. The molecular weight excluding hydrogens is 157 g/mol. The van der Waals surface area contributed by atoms with Crippen LogP contribution in [0.15, 0.2) is 0 Å². The van der Waals surface area contributed by atoms with E-state index in [9.17, 15) is 13.2 Å². The van der Waals surface area contributed by atoms with Crippen molar-refractivity contribution in [1.29, 1.82) is 0 Å². The molecule has 0 spiro atoms.